The second-order valence-electron chi connectivity index (χ2n) is 10.4. The topological polar surface area (TPSA) is 71.2 Å². The molecule has 0 radical (unpaired) electrons. The Bertz CT molecular complexity index is 1100. The number of hydrogen-bond donors (Lipinski definition) is 0. The SMILES string of the molecule is COc1ccc2c(c(C(C)CC(=O)N3C4CC5(C)CC3CC(C#N)(C4)C5)nn2C)c1Cl. The minimum Gasteiger partial charge on any atom is -0.495 e. The van der Waals surface area contributed by atoms with Gasteiger partial charge >= 0.3 is 0 Å². The van der Waals surface area contributed by atoms with Crippen molar-refractivity contribution >= 4 is 28.4 Å². The van der Waals surface area contributed by atoms with Crippen LogP contribution in [0, 0.1) is 22.2 Å². The molecule has 4 fully saturated rings. The van der Waals surface area contributed by atoms with Gasteiger partial charge in [-0.15, -0.1) is 0 Å². The number of methoxy groups -OCH3 is 1. The van der Waals surface area contributed by atoms with Crippen molar-refractivity contribution in [1.29, 1.82) is 5.26 Å². The molecule has 2 aliphatic heterocycles. The maximum atomic E-state index is 13.5. The summed E-state index contributed by atoms with van der Waals surface area (Å²) in [6.07, 6.45) is 5.06. The third-order valence-electron chi connectivity index (χ3n) is 7.90. The minimum atomic E-state index is -0.232. The highest BCUT2D eigenvalue weighted by atomic mass is 35.5. The Balaban J connectivity index is 1.42. The van der Waals surface area contributed by atoms with E-state index < -0.39 is 0 Å². The second kappa shape index (κ2) is 6.87. The van der Waals surface area contributed by atoms with Crippen LogP contribution in [0.4, 0.5) is 0 Å². The highest BCUT2D eigenvalue weighted by molar-refractivity contribution is 6.37. The zero-order chi connectivity index (χ0) is 22.1. The first-order valence-electron chi connectivity index (χ1n) is 11.1. The average molecular weight is 441 g/mol. The molecule has 6 rings (SSSR count). The third-order valence-corrected chi connectivity index (χ3v) is 8.28. The van der Waals surface area contributed by atoms with E-state index in [1.807, 2.05) is 30.8 Å². The van der Waals surface area contributed by atoms with Gasteiger partial charge in [-0.2, -0.15) is 10.4 Å². The molecule has 1 aromatic heterocycles. The van der Waals surface area contributed by atoms with Crippen molar-refractivity contribution in [2.24, 2.45) is 17.9 Å². The third kappa shape index (κ3) is 3.04. The minimum absolute atomic E-state index is 0.0708. The quantitative estimate of drug-likeness (QED) is 0.684. The van der Waals surface area contributed by atoms with Gasteiger partial charge in [0.2, 0.25) is 5.91 Å². The van der Waals surface area contributed by atoms with Crippen molar-refractivity contribution in [1.82, 2.24) is 14.7 Å². The van der Waals surface area contributed by atoms with Crippen molar-refractivity contribution in [2.75, 3.05) is 7.11 Å². The summed E-state index contributed by atoms with van der Waals surface area (Å²) in [6.45, 7) is 4.35. The molecule has 3 heterocycles. The lowest BCUT2D eigenvalue weighted by molar-refractivity contribution is -0.163. The lowest BCUT2D eigenvalue weighted by atomic mass is 9.50. The van der Waals surface area contributed by atoms with Crippen LogP contribution in [-0.4, -0.2) is 39.8 Å². The van der Waals surface area contributed by atoms with E-state index in [2.05, 4.69) is 17.9 Å². The lowest BCUT2D eigenvalue weighted by Gasteiger charge is -2.63. The van der Waals surface area contributed by atoms with Crippen molar-refractivity contribution in [3.8, 4) is 11.8 Å². The lowest BCUT2D eigenvalue weighted by Crippen LogP contribution is -2.65. The molecule has 7 heteroatoms. The Hall–Kier alpha value is -2.26. The number of hydrogen-bond acceptors (Lipinski definition) is 4. The van der Waals surface area contributed by atoms with Gasteiger partial charge in [-0.1, -0.05) is 25.4 Å². The molecule has 4 bridgehead atoms. The summed E-state index contributed by atoms with van der Waals surface area (Å²) >= 11 is 6.63. The summed E-state index contributed by atoms with van der Waals surface area (Å²) in [5, 5.41) is 16.0. The molecule has 3 unspecified atom stereocenters. The molecule has 3 atom stereocenters. The molecule has 2 aliphatic carbocycles. The number of benzene rings is 1. The van der Waals surface area contributed by atoms with Crippen LogP contribution in [0.1, 0.15) is 64.0 Å². The number of carbonyl (C=O) groups is 1. The zero-order valence-electron chi connectivity index (χ0n) is 18.6. The fourth-order valence-electron chi connectivity index (χ4n) is 6.98. The fraction of sp³-hybridized carbons (Fsp3) is 0.625. The van der Waals surface area contributed by atoms with E-state index >= 15 is 0 Å². The summed E-state index contributed by atoms with van der Waals surface area (Å²) in [7, 11) is 3.50. The smallest absolute Gasteiger partial charge is 0.223 e. The van der Waals surface area contributed by atoms with Gasteiger partial charge in [0.25, 0.3) is 0 Å². The number of nitrogens with zero attached hydrogens (tertiary/aromatic N) is 4. The molecule has 4 aliphatic rings. The van der Waals surface area contributed by atoms with E-state index in [4.69, 9.17) is 21.4 Å². The highest BCUT2D eigenvalue weighted by Gasteiger charge is 2.60. The van der Waals surface area contributed by atoms with Gasteiger partial charge in [-0.25, -0.2) is 0 Å². The van der Waals surface area contributed by atoms with Gasteiger partial charge in [0.15, 0.2) is 0 Å². The molecule has 2 aromatic rings. The number of rotatable bonds is 4. The van der Waals surface area contributed by atoms with Crippen molar-refractivity contribution < 1.29 is 9.53 Å². The summed E-state index contributed by atoms with van der Waals surface area (Å²) in [4.78, 5) is 15.6. The number of carbonyl (C=O) groups excluding carboxylic acids is 1. The van der Waals surface area contributed by atoms with Crippen LogP contribution >= 0.6 is 11.6 Å². The highest BCUT2D eigenvalue weighted by Crippen LogP contribution is 2.61. The first-order valence-corrected chi connectivity index (χ1v) is 11.5. The first kappa shape index (κ1) is 20.6. The summed E-state index contributed by atoms with van der Waals surface area (Å²) < 4.78 is 7.21. The Labute approximate surface area is 188 Å². The first-order chi connectivity index (χ1) is 14.7. The number of fused-ring (bicyclic) bond motifs is 1. The predicted molar refractivity (Wildman–Crippen MR) is 119 cm³/mol. The van der Waals surface area contributed by atoms with Crippen LogP contribution in [0.25, 0.3) is 10.9 Å². The van der Waals surface area contributed by atoms with Crippen LogP contribution in [0.15, 0.2) is 12.1 Å². The molecule has 6 nitrogen and oxygen atoms in total. The van der Waals surface area contributed by atoms with Gasteiger partial charge in [-0.05, 0) is 49.7 Å². The second-order valence-corrected chi connectivity index (χ2v) is 10.8. The Morgan fingerprint density at radius 1 is 1.35 bits per heavy atom. The number of nitriles is 1. The number of aromatic nitrogens is 2. The predicted octanol–water partition coefficient (Wildman–Crippen LogP) is 4.80. The number of ether oxygens (including phenoxy) is 1. The van der Waals surface area contributed by atoms with Crippen molar-refractivity contribution in [3.05, 3.63) is 22.8 Å². The van der Waals surface area contributed by atoms with Gasteiger partial charge in [0.1, 0.15) is 5.75 Å². The fourth-order valence-corrected chi connectivity index (χ4v) is 7.31. The Kier molecular flexibility index (Phi) is 4.57. The normalized spacial score (nSPS) is 32.3. The maximum absolute atomic E-state index is 13.5. The summed E-state index contributed by atoms with van der Waals surface area (Å²) in [5.74, 6) is 0.719. The molecule has 0 spiro atoms. The van der Waals surface area contributed by atoms with Gasteiger partial charge in [0.05, 0.1) is 34.8 Å². The van der Waals surface area contributed by atoms with Crippen LogP contribution in [0.5, 0.6) is 5.75 Å². The van der Waals surface area contributed by atoms with E-state index in [1.165, 1.54) is 0 Å². The van der Waals surface area contributed by atoms with Gasteiger partial charge in [0, 0.05) is 36.9 Å². The Morgan fingerprint density at radius 3 is 2.65 bits per heavy atom. The molecule has 164 valence electrons. The molecule has 2 saturated heterocycles. The van der Waals surface area contributed by atoms with E-state index in [9.17, 15) is 10.1 Å². The molecule has 0 N–H and O–H groups in total. The molecule has 1 aromatic carbocycles. The molecular formula is C24H29ClN4O2. The van der Waals surface area contributed by atoms with E-state index in [0.29, 0.717) is 17.2 Å². The molecule has 2 saturated carbocycles. The maximum Gasteiger partial charge on any atom is 0.223 e. The van der Waals surface area contributed by atoms with Crippen LogP contribution < -0.4 is 4.74 Å². The van der Waals surface area contributed by atoms with Crippen molar-refractivity contribution in [2.45, 2.75) is 70.4 Å². The summed E-state index contributed by atoms with van der Waals surface area (Å²) in [5.41, 5.74) is 1.73. The van der Waals surface area contributed by atoms with Gasteiger partial charge < -0.3 is 9.64 Å². The van der Waals surface area contributed by atoms with Crippen LogP contribution in [0.3, 0.4) is 0 Å². The Morgan fingerprint density at radius 2 is 2.03 bits per heavy atom. The van der Waals surface area contributed by atoms with Crippen LogP contribution in [-0.2, 0) is 11.8 Å². The van der Waals surface area contributed by atoms with Crippen LogP contribution in [0.2, 0.25) is 5.02 Å². The van der Waals surface area contributed by atoms with Gasteiger partial charge in [-0.3, -0.25) is 9.48 Å². The average Bonchev–Trinajstić information content (AvgIpc) is 3.04. The van der Waals surface area contributed by atoms with Crippen molar-refractivity contribution in [3.63, 3.8) is 0 Å². The zero-order valence-corrected chi connectivity index (χ0v) is 19.4. The van der Waals surface area contributed by atoms with E-state index in [0.717, 1.165) is 48.7 Å². The number of piperidine rings is 2. The van der Waals surface area contributed by atoms with E-state index in [1.54, 1.807) is 7.11 Å². The molecular weight excluding hydrogens is 412 g/mol. The van der Waals surface area contributed by atoms with E-state index in [-0.39, 0.29) is 34.7 Å². The number of aryl methyl sites for hydroxylation is 1. The molecule has 31 heavy (non-hydrogen) atoms. The largest absolute Gasteiger partial charge is 0.495 e. The molecule has 1 amide bonds. The standard InChI is InChI=1S/C24H29ClN4O2/c1-14(22-20-17(28(3)27-22)5-6-18(31-4)21(20)25)7-19(30)29-15-8-23(2)9-16(29)11-24(10-15,12-23)13-26/h5-6,14-16H,7-12H2,1-4H3. The monoisotopic (exact) mass is 440 g/mol. The summed E-state index contributed by atoms with van der Waals surface area (Å²) in [6, 6.07) is 6.80. The number of halogens is 1. The number of amides is 1.